The highest BCUT2D eigenvalue weighted by molar-refractivity contribution is 5.95. The van der Waals surface area contributed by atoms with Crippen molar-refractivity contribution in [2.24, 2.45) is 0 Å². The van der Waals surface area contributed by atoms with E-state index in [0.29, 0.717) is 17.8 Å². The number of fused-ring (bicyclic) bond motifs is 2. The van der Waals surface area contributed by atoms with Gasteiger partial charge in [-0.1, -0.05) is 60.7 Å². The first kappa shape index (κ1) is 21.1. The molecule has 1 fully saturated rings. The molecule has 0 radical (unpaired) electrons. The minimum atomic E-state index is -0.0597. The van der Waals surface area contributed by atoms with E-state index in [2.05, 4.69) is 70.9 Å². The molecule has 1 amide bonds. The van der Waals surface area contributed by atoms with Gasteiger partial charge in [-0.25, -0.2) is 0 Å². The van der Waals surface area contributed by atoms with Crippen LogP contribution >= 0.6 is 0 Å². The lowest BCUT2D eigenvalue weighted by Crippen LogP contribution is -2.37. The van der Waals surface area contributed by atoms with Gasteiger partial charge < -0.3 is 16.0 Å². The highest BCUT2D eigenvalue weighted by Gasteiger charge is 2.24. The third-order valence-electron chi connectivity index (χ3n) is 6.50. The standard InChI is InChI=1S/C29H29N3O/c30-24-16-14-23(15-17-24)29(33)31-18-20-32-19-6-5-11-27(32)28-25-9-3-1-7-21(25)12-13-22-8-2-4-10-26(22)28/h1-4,7-10,12-17H,5-6,11,18-20,30H2,(H,31,33). The van der Waals surface area contributed by atoms with Crippen LogP contribution < -0.4 is 11.1 Å². The maximum Gasteiger partial charge on any atom is 0.251 e. The van der Waals surface area contributed by atoms with Gasteiger partial charge >= 0.3 is 0 Å². The van der Waals surface area contributed by atoms with Gasteiger partial charge in [0.05, 0.1) is 0 Å². The molecule has 33 heavy (non-hydrogen) atoms. The molecule has 1 aliphatic carbocycles. The van der Waals surface area contributed by atoms with Gasteiger partial charge in [0.1, 0.15) is 0 Å². The van der Waals surface area contributed by atoms with Gasteiger partial charge in [0.15, 0.2) is 0 Å². The number of nitrogens with two attached hydrogens (primary N) is 1. The number of carbonyl (C=O) groups is 1. The van der Waals surface area contributed by atoms with Crippen molar-refractivity contribution in [3.63, 3.8) is 0 Å². The Morgan fingerprint density at radius 3 is 2.15 bits per heavy atom. The molecular formula is C29H29N3O. The van der Waals surface area contributed by atoms with Gasteiger partial charge in [-0.15, -0.1) is 0 Å². The van der Waals surface area contributed by atoms with Crippen molar-refractivity contribution >= 4 is 29.3 Å². The number of benzene rings is 3. The van der Waals surface area contributed by atoms with Crippen molar-refractivity contribution in [1.82, 2.24) is 10.2 Å². The van der Waals surface area contributed by atoms with E-state index in [4.69, 9.17) is 5.73 Å². The van der Waals surface area contributed by atoms with Crippen LogP contribution in [0.3, 0.4) is 0 Å². The zero-order valence-electron chi connectivity index (χ0n) is 18.8. The number of rotatable bonds is 4. The molecule has 0 saturated carbocycles. The fraction of sp³-hybridized carbons (Fsp3) is 0.207. The number of anilines is 1. The maximum absolute atomic E-state index is 12.6. The molecule has 3 N–H and O–H groups in total. The lowest BCUT2D eigenvalue weighted by atomic mass is 9.89. The molecule has 0 unspecified atom stereocenters. The zero-order valence-corrected chi connectivity index (χ0v) is 18.8. The third-order valence-corrected chi connectivity index (χ3v) is 6.50. The number of nitrogen functional groups attached to an aromatic ring is 1. The Morgan fingerprint density at radius 1 is 0.848 bits per heavy atom. The van der Waals surface area contributed by atoms with Gasteiger partial charge in [0.2, 0.25) is 0 Å². The Bertz CT molecular complexity index is 1170. The highest BCUT2D eigenvalue weighted by atomic mass is 16.1. The number of likely N-dealkylation sites (tertiary alicyclic amines) is 1. The van der Waals surface area contributed by atoms with Crippen LogP contribution in [0.5, 0.6) is 0 Å². The summed E-state index contributed by atoms with van der Waals surface area (Å²) < 4.78 is 0. The second-order valence-corrected chi connectivity index (χ2v) is 8.65. The summed E-state index contributed by atoms with van der Waals surface area (Å²) >= 11 is 0. The first-order valence-corrected chi connectivity index (χ1v) is 11.7. The first-order chi connectivity index (χ1) is 16.2. The zero-order chi connectivity index (χ0) is 22.6. The number of nitrogens with one attached hydrogen (secondary N) is 1. The number of hydrogen-bond acceptors (Lipinski definition) is 3. The van der Waals surface area contributed by atoms with Crippen LogP contribution in [0.25, 0.3) is 17.7 Å². The monoisotopic (exact) mass is 435 g/mol. The van der Waals surface area contributed by atoms with E-state index in [9.17, 15) is 4.79 Å². The Morgan fingerprint density at radius 2 is 1.48 bits per heavy atom. The Kier molecular flexibility index (Phi) is 5.99. The summed E-state index contributed by atoms with van der Waals surface area (Å²) in [6, 6.07) is 24.4. The molecule has 1 saturated heterocycles. The van der Waals surface area contributed by atoms with E-state index in [0.717, 1.165) is 19.5 Å². The highest BCUT2D eigenvalue weighted by Crippen LogP contribution is 2.39. The largest absolute Gasteiger partial charge is 0.399 e. The molecule has 3 aromatic rings. The molecule has 0 spiro atoms. The van der Waals surface area contributed by atoms with Crippen molar-refractivity contribution in [3.05, 3.63) is 106 Å². The Hall–Kier alpha value is -3.79. The third kappa shape index (κ3) is 4.42. The minimum absolute atomic E-state index is 0.0597. The molecule has 1 aliphatic heterocycles. The summed E-state index contributed by atoms with van der Waals surface area (Å²) in [5, 5.41) is 3.08. The molecule has 166 valence electrons. The summed E-state index contributed by atoms with van der Waals surface area (Å²) in [7, 11) is 0. The summed E-state index contributed by atoms with van der Waals surface area (Å²) in [4.78, 5) is 15.0. The number of carbonyl (C=O) groups excluding carboxylic acids is 1. The summed E-state index contributed by atoms with van der Waals surface area (Å²) in [5.74, 6) is -0.0597. The minimum Gasteiger partial charge on any atom is -0.399 e. The second-order valence-electron chi connectivity index (χ2n) is 8.65. The second kappa shape index (κ2) is 9.37. The molecule has 5 rings (SSSR count). The quantitative estimate of drug-likeness (QED) is 0.420. The van der Waals surface area contributed by atoms with E-state index in [1.165, 1.54) is 46.4 Å². The first-order valence-electron chi connectivity index (χ1n) is 11.7. The molecular weight excluding hydrogens is 406 g/mol. The summed E-state index contributed by atoms with van der Waals surface area (Å²) in [6.45, 7) is 2.40. The van der Waals surface area contributed by atoms with Crippen LogP contribution in [0.2, 0.25) is 0 Å². The molecule has 1 heterocycles. The van der Waals surface area contributed by atoms with Crippen molar-refractivity contribution in [2.75, 3.05) is 25.4 Å². The van der Waals surface area contributed by atoms with Gasteiger partial charge in [-0.2, -0.15) is 0 Å². The van der Waals surface area contributed by atoms with Crippen LogP contribution in [-0.2, 0) is 0 Å². The van der Waals surface area contributed by atoms with Crippen LogP contribution in [0.4, 0.5) is 5.69 Å². The van der Waals surface area contributed by atoms with Gasteiger partial charge in [0.25, 0.3) is 5.91 Å². The van der Waals surface area contributed by atoms with Gasteiger partial charge in [-0.05, 0) is 65.8 Å². The van der Waals surface area contributed by atoms with E-state index >= 15 is 0 Å². The number of amides is 1. The predicted octanol–water partition coefficient (Wildman–Crippen LogP) is 5.43. The average molecular weight is 436 g/mol. The van der Waals surface area contributed by atoms with E-state index in [-0.39, 0.29) is 5.91 Å². The molecule has 3 aromatic carbocycles. The number of allylic oxidation sites excluding steroid dienone is 1. The normalized spacial score (nSPS) is 15.0. The molecule has 0 aromatic heterocycles. The number of hydrogen-bond donors (Lipinski definition) is 2. The van der Waals surface area contributed by atoms with Crippen molar-refractivity contribution in [3.8, 4) is 0 Å². The van der Waals surface area contributed by atoms with E-state index in [1.54, 1.807) is 24.3 Å². The van der Waals surface area contributed by atoms with Crippen LogP contribution in [0, 0.1) is 0 Å². The SMILES string of the molecule is Nc1ccc(C(=O)NCCN2CCCCC2=C2c3ccccc3C=Cc3ccccc32)cc1. The van der Waals surface area contributed by atoms with Gasteiger partial charge in [-0.3, -0.25) is 4.79 Å². The molecule has 4 nitrogen and oxygen atoms in total. The lowest BCUT2D eigenvalue weighted by Gasteiger charge is -2.34. The van der Waals surface area contributed by atoms with Crippen LogP contribution in [0.15, 0.2) is 78.5 Å². The van der Waals surface area contributed by atoms with E-state index < -0.39 is 0 Å². The summed E-state index contributed by atoms with van der Waals surface area (Å²) in [6.07, 6.45) is 7.85. The Balaban J connectivity index is 1.44. The van der Waals surface area contributed by atoms with Crippen molar-refractivity contribution in [1.29, 1.82) is 0 Å². The Labute approximate surface area is 195 Å². The smallest absolute Gasteiger partial charge is 0.251 e. The number of nitrogens with zero attached hydrogens (tertiary/aromatic N) is 1. The lowest BCUT2D eigenvalue weighted by molar-refractivity contribution is 0.0949. The number of piperidine rings is 1. The van der Waals surface area contributed by atoms with E-state index in [1.807, 2.05) is 0 Å². The maximum atomic E-state index is 12.6. The van der Waals surface area contributed by atoms with Crippen molar-refractivity contribution < 1.29 is 4.79 Å². The average Bonchev–Trinajstić information content (AvgIpc) is 3.02. The molecule has 4 heteroatoms. The molecule has 0 bridgehead atoms. The predicted molar refractivity (Wildman–Crippen MR) is 136 cm³/mol. The van der Waals surface area contributed by atoms with Crippen molar-refractivity contribution in [2.45, 2.75) is 19.3 Å². The topological polar surface area (TPSA) is 58.4 Å². The van der Waals surface area contributed by atoms with Crippen LogP contribution in [-0.4, -0.2) is 30.4 Å². The van der Waals surface area contributed by atoms with Crippen LogP contribution in [0.1, 0.15) is 51.9 Å². The molecule has 2 aliphatic rings. The fourth-order valence-corrected chi connectivity index (χ4v) is 4.83. The fourth-order valence-electron chi connectivity index (χ4n) is 4.83. The summed E-state index contributed by atoms with van der Waals surface area (Å²) in [5.41, 5.74) is 14.8. The molecule has 0 atom stereocenters. The van der Waals surface area contributed by atoms with Gasteiger partial charge in [0, 0.05) is 42.2 Å².